The molecule has 0 atom stereocenters. The minimum absolute atomic E-state index is 0.0356. The summed E-state index contributed by atoms with van der Waals surface area (Å²) in [5, 5.41) is 2.94. The molecule has 0 radical (unpaired) electrons. The molecule has 5 nitrogen and oxygen atoms in total. The number of halogens is 1. The zero-order valence-corrected chi connectivity index (χ0v) is 14.2. The van der Waals surface area contributed by atoms with E-state index in [0.717, 1.165) is 37.6 Å². The first-order chi connectivity index (χ1) is 12.2. The van der Waals surface area contributed by atoms with Gasteiger partial charge in [-0.25, -0.2) is 9.37 Å². The molecule has 0 aliphatic carbocycles. The van der Waals surface area contributed by atoms with Crippen molar-refractivity contribution in [2.45, 2.75) is 6.42 Å². The number of piperazine rings is 1. The molecule has 1 aliphatic heterocycles. The average Bonchev–Trinajstić information content (AvgIpc) is 2.65. The van der Waals surface area contributed by atoms with E-state index in [9.17, 15) is 9.18 Å². The van der Waals surface area contributed by atoms with Crippen LogP contribution in [0.4, 0.5) is 10.2 Å². The fraction of sp³-hybridized carbons (Fsp3) is 0.368. The predicted molar refractivity (Wildman–Crippen MR) is 96.0 cm³/mol. The van der Waals surface area contributed by atoms with Gasteiger partial charge in [0, 0.05) is 38.9 Å². The largest absolute Gasteiger partial charge is 0.355 e. The number of carbonyl (C=O) groups excluding carboxylic acids is 1. The van der Waals surface area contributed by atoms with E-state index in [1.54, 1.807) is 18.3 Å². The molecule has 1 amide bonds. The molecule has 0 bridgehead atoms. The van der Waals surface area contributed by atoms with Crippen molar-refractivity contribution in [2.24, 2.45) is 0 Å². The number of amides is 1. The van der Waals surface area contributed by atoms with E-state index in [-0.39, 0.29) is 11.7 Å². The van der Waals surface area contributed by atoms with Gasteiger partial charge in [-0.05, 0) is 36.2 Å². The maximum Gasteiger partial charge on any atom is 0.234 e. The first-order valence-corrected chi connectivity index (χ1v) is 8.60. The van der Waals surface area contributed by atoms with Gasteiger partial charge < -0.3 is 10.2 Å². The zero-order chi connectivity index (χ0) is 17.5. The van der Waals surface area contributed by atoms with Gasteiger partial charge in [0.05, 0.1) is 6.54 Å². The van der Waals surface area contributed by atoms with Gasteiger partial charge in [0.2, 0.25) is 5.91 Å². The molecular weight excluding hydrogens is 319 g/mol. The van der Waals surface area contributed by atoms with Gasteiger partial charge in [0.25, 0.3) is 0 Å². The number of hydrogen-bond donors (Lipinski definition) is 1. The molecule has 2 heterocycles. The fourth-order valence-corrected chi connectivity index (χ4v) is 2.93. The summed E-state index contributed by atoms with van der Waals surface area (Å²) in [4.78, 5) is 20.8. The van der Waals surface area contributed by atoms with E-state index in [0.29, 0.717) is 19.5 Å². The van der Waals surface area contributed by atoms with E-state index in [1.165, 1.54) is 12.1 Å². The zero-order valence-electron chi connectivity index (χ0n) is 14.2. The molecule has 1 aromatic heterocycles. The highest BCUT2D eigenvalue weighted by molar-refractivity contribution is 5.78. The third kappa shape index (κ3) is 5.26. The predicted octanol–water partition coefficient (Wildman–Crippen LogP) is 1.70. The molecule has 132 valence electrons. The van der Waals surface area contributed by atoms with E-state index < -0.39 is 0 Å². The topological polar surface area (TPSA) is 48.5 Å². The summed E-state index contributed by atoms with van der Waals surface area (Å²) in [5.74, 6) is 0.789. The minimum atomic E-state index is -0.238. The van der Waals surface area contributed by atoms with E-state index >= 15 is 0 Å². The Morgan fingerprint density at radius 1 is 1.08 bits per heavy atom. The minimum Gasteiger partial charge on any atom is -0.355 e. The van der Waals surface area contributed by atoms with Crippen LogP contribution in [0.15, 0.2) is 48.7 Å². The van der Waals surface area contributed by atoms with Gasteiger partial charge in [0.1, 0.15) is 11.6 Å². The molecule has 0 spiro atoms. The highest BCUT2D eigenvalue weighted by Crippen LogP contribution is 2.12. The summed E-state index contributed by atoms with van der Waals surface area (Å²) in [6.45, 7) is 4.43. The van der Waals surface area contributed by atoms with Crippen molar-refractivity contribution in [3.05, 3.63) is 60.0 Å². The van der Waals surface area contributed by atoms with Crippen LogP contribution in [0.1, 0.15) is 5.56 Å². The Bertz CT molecular complexity index is 670. The molecule has 0 unspecified atom stereocenters. The van der Waals surface area contributed by atoms with Gasteiger partial charge in [-0.1, -0.05) is 18.2 Å². The number of pyridine rings is 1. The molecule has 1 fully saturated rings. The second-order valence-electron chi connectivity index (χ2n) is 6.18. The number of anilines is 1. The smallest absolute Gasteiger partial charge is 0.234 e. The molecule has 1 N–H and O–H groups in total. The van der Waals surface area contributed by atoms with Crippen molar-refractivity contribution in [2.75, 3.05) is 44.2 Å². The number of aromatic nitrogens is 1. The Balaban J connectivity index is 1.35. The summed E-state index contributed by atoms with van der Waals surface area (Å²) in [6, 6.07) is 12.3. The lowest BCUT2D eigenvalue weighted by Crippen LogP contribution is -2.49. The van der Waals surface area contributed by atoms with Gasteiger partial charge >= 0.3 is 0 Å². The second kappa shape index (κ2) is 8.58. The second-order valence-corrected chi connectivity index (χ2v) is 6.18. The lowest BCUT2D eigenvalue weighted by molar-refractivity contribution is -0.122. The van der Waals surface area contributed by atoms with Crippen molar-refractivity contribution in [3.63, 3.8) is 0 Å². The number of nitrogens with one attached hydrogen (secondary N) is 1. The van der Waals surface area contributed by atoms with Crippen LogP contribution in [0.3, 0.4) is 0 Å². The van der Waals surface area contributed by atoms with Crippen LogP contribution in [-0.2, 0) is 11.2 Å². The first kappa shape index (κ1) is 17.4. The van der Waals surface area contributed by atoms with Crippen LogP contribution < -0.4 is 10.2 Å². The highest BCUT2D eigenvalue weighted by atomic mass is 19.1. The number of hydrogen-bond acceptors (Lipinski definition) is 4. The lowest BCUT2D eigenvalue weighted by atomic mass is 10.1. The molecule has 1 aliphatic rings. The van der Waals surface area contributed by atoms with Gasteiger partial charge in [-0.3, -0.25) is 9.69 Å². The average molecular weight is 342 g/mol. The highest BCUT2D eigenvalue weighted by Gasteiger charge is 2.19. The normalized spacial score (nSPS) is 15.2. The quantitative estimate of drug-likeness (QED) is 0.868. The van der Waals surface area contributed by atoms with Crippen LogP contribution in [0.25, 0.3) is 0 Å². The van der Waals surface area contributed by atoms with Crippen molar-refractivity contribution in [1.82, 2.24) is 15.2 Å². The third-order valence-corrected chi connectivity index (χ3v) is 4.36. The summed E-state index contributed by atoms with van der Waals surface area (Å²) in [7, 11) is 0. The Morgan fingerprint density at radius 3 is 2.52 bits per heavy atom. The summed E-state index contributed by atoms with van der Waals surface area (Å²) >= 11 is 0. The van der Waals surface area contributed by atoms with Crippen molar-refractivity contribution in [3.8, 4) is 0 Å². The van der Waals surface area contributed by atoms with Gasteiger partial charge in [0.15, 0.2) is 0 Å². The monoisotopic (exact) mass is 342 g/mol. The maximum absolute atomic E-state index is 12.9. The Morgan fingerprint density at radius 2 is 1.84 bits per heavy atom. The Hall–Kier alpha value is -2.47. The van der Waals surface area contributed by atoms with Crippen LogP contribution >= 0.6 is 0 Å². The van der Waals surface area contributed by atoms with E-state index in [2.05, 4.69) is 20.1 Å². The number of benzene rings is 1. The van der Waals surface area contributed by atoms with Crippen molar-refractivity contribution >= 4 is 11.7 Å². The lowest BCUT2D eigenvalue weighted by Gasteiger charge is -2.34. The maximum atomic E-state index is 12.9. The molecule has 1 saturated heterocycles. The van der Waals surface area contributed by atoms with Crippen LogP contribution in [0.5, 0.6) is 0 Å². The van der Waals surface area contributed by atoms with Crippen LogP contribution in [0.2, 0.25) is 0 Å². The number of nitrogens with zero attached hydrogens (tertiary/aromatic N) is 3. The van der Waals surface area contributed by atoms with E-state index in [1.807, 2.05) is 18.2 Å². The molecule has 25 heavy (non-hydrogen) atoms. The van der Waals surface area contributed by atoms with Gasteiger partial charge in [-0.15, -0.1) is 0 Å². The molecular formula is C19H23FN4O. The number of carbonyl (C=O) groups is 1. The Labute approximate surface area is 147 Å². The molecule has 6 heteroatoms. The summed E-state index contributed by atoms with van der Waals surface area (Å²) in [5.41, 5.74) is 1.02. The molecule has 1 aromatic carbocycles. The molecule has 3 rings (SSSR count). The van der Waals surface area contributed by atoms with Crippen molar-refractivity contribution < 1.29 is 9.18 Å². The third-order valence-electron chi connectivity index (χ3n) is 4.36. The first-order valence-electron chi connectivity index (χ1n) is 8.60. The van der Waals surface area contributed by atoms with Gasteiger partial charge in [-0.2, -0.15) is 0 Å². The van der Waals surface area contributed by atoms with Crippen LogP contribution in [-0.4, -0.2) is 55.1 Å². The van der Waals surface area contributed by atoms with E-state index in [4.69, 9.17) is 0 Å². The molecule has 0 saturated carbocycles. The van der Waals surface area contributed by atoms with Crippen LogP contribution in [0, 0.1) is 5.82 Å². The Kier molecular flexibility index (Phi) is 5.95. The standard InChI is InChI=1S/C19H23FN4O/c20-17-6-4-16(5-7-17)8-10-22-19(25)15-23-11-13-24(14-12-23)18-3-1-2-9-21-18/h1-7,9H,8,10-15H2,(H,22,25). The summed E-state index contributed by atoms with van der Waals surface area (Å²) < 4.78 is 12.9. The SMILES string of the molecule is O=C(CN1CCN(c2ccccn2)CC1)NCCc1ccc(F)cc1. The fourth-order valence-electron chi connectivity index (χ4n) is 2.93. The summed E-state index contributed by atoms with van der Waals surface area (Å²) in [6.07, 6.45) is 2.51. The molecule has 2 aromatic rings. The van der Waals surface area contributed by atoms with Crippen molar-refractivity contribution in [1.29, 1.82) is 0 Å². The number of rotatable bonds is 6.